The Kier molecular flexibility index (Phi) is 6.79. The number of hydrogen-bond acceptors (Lipinski definition) is 5. The Labute approximate surface area is 178 Å². The molecule has 0 aliphatic carbocycles. The fourth-order valence-corrected chi connectivity index (χ4v) is 3.27. The molecule has 0 saturated heterocycles. The molecule has 3 aromatic rings. The maximum absolute atomic E-state index is 14.6. The van der Waals surface area contributed by atoms with Crippen molar-refractivity contribution in [2.45, 2.75) is 32.7 Å². The van der Waals surface area contributed by atoms with Crippen molar-refractivity contribution in [3.8, 4) is 11.4 Å². The van der Waals surface area contributed by atoms with Gasteiger partial charge in [-0.3, -0.25) is 4.79 Å². The first kappa shape index (κ1) is 21.9. The Bertz CT molecular complexity index is 1070. The molecule has 1 aliphatic heterocycles. The zero-order valence-corrected chi connectivity index (χ0v) is 17.1. The van der Waals surface area contributed by atoms with Crippen LogP contribution in [0.3, 0.4) is 0 Å². The van der Waals surface area contributed by atoms with E-state index in [4.69, 9.17) is 4.52 Å². The number of carbonyl (C=O) groups is 1. The molecule has 1 amide bonds. The Morgan fingerprint density at radius 1 is 1.27 bits per heavy atom. The second kappa shape index (κ2) is 9.32. The van der Waals surface area contributed by atoms with Crippen LogP contribution in [-0.2, 0) is 24.2 Å². The Morgan fingerprint density at radius 3 is 2.90 bits per heavy atom. The van der Waals surface area contributed by atoms with E-state index in [1.54, 1.807) is 25.1 Å². The first-order valence-corrected chi connectivity index (χ1v) is 9.41. The number of anilines is 1. The number of fused-ring (bicyclic) bond motifs is 1. The quantitative estimate of drug-likeness (QED) is 0.635. The molecule has 6 nitrogen and oxygen atoms in total. The number of aryl methyl sites for hydroxylation is 2. The van der Waals surface area contributed by atoms with E-state index in [9.17, 15) is 13.6 Å². The number of carbonyl (C=O) groups excluding carboxylic acids is 1. The van der Waals surface area contributed by atoms with Crippen LogP contribution in [0.25, 0.3) is 11.4 Å². The first-order valence-electron chi connectivity index (χ1n) is 9.41. The summed E-state index contributed by atoms with van der Waals surface area (Å²) in [5.41, 5.74) is 2.76. The third kappa shape index (κ3) is 4.66. The second-order valence-corrected chi connectivity index (χ2v) is 7.02. The number of nitrogens with zero attached hydrogens (tertiary/aromatic N) is 2. The van der Waals surface area contributed by atoms with E-state index in [1.807, 2.05) is 6.07 Å². The van der Waals surface area contributed by atoms with Gasteiger partial charge in [0.2, 0.25) is 17.6 Å². The number of hydrogen-bond donors (Lipinski definition) is 2. The fraction of sp³-hybridized carbons (Fsp3) is 0.286. The van der Waals surface area contributed by atoms with Gasteiger partial charge < -0.3 is 15.2 Å². The molecule has 0 saturated carbocycles. The molecule has 30 heavy (non-hydrogen) atoms. The lowest BCUT2D eigenvalue weighted by atomic mass is 9.99. The highest BCUT2D eigenvalue weighted by atomic mass is 35.5. The minimum Gasteiger partial charge on any atom is -0.339 e. The van der Waals surface area contributed by atoms with Gasteiger partial charge in [0.15, 0.2) is 0 Å². The third-order valence-electron chi connectivity index (χ3n) is 4.95. The largest absolute Gasteiger partial charge is 0.339 e. The predicted molar refractivity (Wildman–Crippen MR) is 110 cm³/mol. The van der Waals surface area contributed by atoms with E-state index in [2.05, 4.69) is 20.8 Å². The van der Waals surface area contributed by atoms with Crippen molar-refractivity contribution in [3.05, 3.63) is 64.5 Å². The normalized spacial score (nSPS) is 12.8. The summed E-state index contributed by atoms with van der Waals surface area (Å²) in [7, 11) is 0. The van der Waals surface area contributed by atoms with Crippen LogP contribution >= 0.6 is 12.4 Å². The molecule has 2 N–H and O–H groups in total. The Balaban J connectivity index is 0.00000256. The topological polar surface area (TPSA) is 80.0 Å². The number of halogens is 3. The highest BCUT2D eigenvalue weighted by Crippen LogP contribution is 2.25. The summed E-state index contributed by atoms with van der Waals surface area (Å²) >= 11 is 0. The van der Waals surface area contributed by atoms with E-state index >= 15 is 0 Å². The molecule has 9 heteroatoms. The van der Waals surface area contributed by atoms with Crippen LogP contribution in [0.2, 0.25) is 0 Å². The van der Waals surface area contributed by atoms with Crippen LogP contribution in [0, 0.1) is 18.6 Å². The fourth-order valence-electron chi connectivity index (χ4n) is 3.27. The van der Waals surface area contributed by atoms with E-state index in [0.717, 1.165) is 5.56 Å². The van der Waals surface area contributed by atoms with Gasteiger partial charge >= 0.3 is 0 Å². The lowest BCUT2D eigenvalue weighted by molar-refractivity contribution is -0.116. The average molecular weight is 435 g/mol. The molecule has 0 atom stereocenters. The molecular formula is C21H21ClF2N4O2. The molecule has 158 valence electrons. The van der Waals surface area contributed by atoms with Crippen molar-refractivity contribution >= 4 is 24.0 Å². The SMILES string of the molecule is Cc1ccc(-c2noc(CCC(=O)Nc3ccc4c(c3F)CCNC4)n2)cc1F.Cl. The van der Waals surface area contributed by atoms with Crippen molar-refractivity contribution < 1.29 is 18.1 Å². The third-order valence-corrected chi connectivity index (χ3v) is 4.95. The van der Waals surface area contributed by atoms with Crippen molar-refractivity contribution in [1.29, 1.82) is 0 Å². The first-order chi connectivity index (χ1) is 14.0. The van der Waals surface area contributed by atoms with Gasteiger partial charge in [-0.2, -0.15) is 4.98 Å². The molecular weight excluding hydrogens is 414 g/mol. The van der Waals surface area contributed by atoms with Gasteiger partial charge in [0.1, 0.15) is 11.6 Å². The minimum atomic E-state index is -0.376. The summed E-state index contributed by atoms with van der Waals surface area (Å²) < 4.78 is 33.5. The van der Waals surface area contributed by atoms with Crippen molar-refractivity contribution in [2.24, 2.45) is 0 Å². The van der Waals surface area contributed by atoms with Crippen LogP contribution in [-0.4, -0.2) is 22.6 Å². The molecule has 0 radical (unpaired) electrons. The molecule has 1 aliphatic rings. The minimum absolute atomic E-state index is 0. The maximum Gasteiger partial charge on any atom is 0.227 e. The standard InChI is InChI=1S/C21H20F2N4O2.ClH/c1-12-2-3-13(10-16(12)22)21-26-19(29-27-21)7-6-18(28)25-17-5-4-14-11-24-9-8-15(14)20(17)23;/h2-5,10,24H,6-9,11H2,1H3,(H,25,28);1H. The number of benzene rings is 2. The Hall–Kier alpha value is -2.84. The van der Waals surface area contributed by atoms with E-state index in [0.29, 0.717) is 36.2 Å². The number of rotatable bonds is 5. The summed E-state index contributed by atoms with van der Waals surface area (Å²) in [5.74, 6) is -0.560. The monoisotopic (exact) mass is 434 g/mol. The number of aromatic nitrogens is 2. The van der Waals surface area contributed by atoms with Gasteiger partial charge in [-0.25, -0.2) is 8.78 Å². The Morgan fingerprint density at radius 2 is 2.10 bits per heavy atom. The lowest BCUT2D eigenvalue weighted by Gasteiger charge is -2.19. The summed E-state index contributed by atoms with van der Waals surface area (Å²) in [6, 6.07) is 8.08. The number of nitrogens with one attached hydrogen (secondary N) is 2. The van der Waals surface area contributed by atoms with Crippen molar-refractivity contribution in [1.82, 2.24) is 15.5 Å². The molecule has 1 aromatic heterocycles. The van der Waals surface area contributed by atoms with E-state index < -0.39 is 0 Å². The van der Waals surface area contributed by atoms with Gasteiger partial charge in [0.25, 0.3) is 0 Å². The van der Waals surface area contributed by atoms with Gasteiger partial charge in [-0.1, -0.05) is 23.4 Å². The summed E-state index contributed by atoms with van der Waals surface area (Å²) in [6.45, 7) is 3.01. The molecule has 0 fully saturated rings. The zero-order valence-electron chi connectivity index (χ0n) is 16.3. The smallest absolute Gasteiger partial charge is 0.227 e. The molecule has 2 heterocycles. The van der Waals surface area contributed by atoms with E-state index in [-0.39, 0.29) is 60.2 Å². The average Bonchev–Trinajstić information content (AvgIpc) is 3.20. The zero-order chi connectivity index (χ0) is 20.4. The predicted octanol–water partition coefficient (Wildman–Crippen LogP) is 3.96. The van der Waals surface area contributed by atoms with E-state index in [1.165, 1.54) is 6.07 Å². The van der Waals surface area contributed by atoms with Gasteiger partial charge in [0, 0.05) is 24.9 Å². The van der Waals surface area contributed by atoms with Crippen LogP contribution < -0.4 is 10.6 Å². The van der Waals surface area contributed by atoms with Crippen LogP contribution in [0.4, 0.5) is 14.5 Å². The second-order valence-electron chi connectivity index (χ2n) is 7.02. The molecule has 0 spiro atoms. The van der Waals surface area contributed by atoms with Gasteiger partial charge in [-0.05, 0) is 48.7 Å². The van der Waals surface area contributed by atoms with Crippen LogP contribution in [0.15, 0.2) is 34.9 Å². The highest BCUT2D eigenvalue weighted by molar-refractivity contribution is 5.91. The molecule has 0 unspecified atom stereocenters. The molecule has 2 aromatic carbocycles. The van der Waals surface area contributed by atoms with Crippen LogP contribution in [0.1, 0.15) is 29.0 Å². The summed E-state index contributed by atoms with van der Waals surface area (Å²) in [4.78, 5) is 16.4. The highest BCUT2D eigenvalue weighted by Gasteiger charge is 2.18. The van der Waals surface area contributed by atoms with Gasteiger partial charge in [0.05, 0.1) is 5.69 Å². The molecule has 0 bridgehead atoms. The maximum atomic E-state index is 14.6. The van der Waals surface area contributed by atoms with Crippen molar-refractivity contribution in [2.75, 3.05) is 11.9 Å². The van der Waals surface area contributed by atoms with Gasteiger partial charge in [-0.15, -0.1) is 12.4 Å². The lowest BCUT2D eigenvalue weighted by Crippen LogP contribution is -2.25. The molecule has 4 rings (SSSR count). The van der Waals surface area contributed by atoms with Crippen molar-refractivity contribution in [3.63, 3.8) is 0 Å². The summed E-state index contributed by atoms with van der Waals surface area (Å²) in [6.07, 6.45) is 0.848. The summed E-state index contributed by atoms with van der Waals surface area (Å²) in [5, 5.41) is 9.63. The number of amides is 1. The van der Waals surface area contributed by atoms with Crippen LogP contribution in [0.5, 0.6) is 0 Å².